The minimum atomic E-state index is -1.77. The van der Waals surface area contributed by atoms with Crippen LogP contribution in [-0.2, 0) is 4.74 Å². The number of carbonyl (C=O) groups is 1. The molecule has 0 saturated carbocycles. The van der Waals surface area contributed by atoms with Gasteiger partial charge in [-0.1, -0.05) is 0 Å². The first-order valence-electron chi connectivity index (χ1n) is 11.6. The molecular formula is C26H25O13+. The molecule has 1 aliphatic heterocycles. The van der Waals surface area contributed by atoms with Crippen LogP contribution in [0.4, 0.5) is 0 Å². The maximum atomic E-state index is 11.9. The molecule has 0 unspecified atom stereocenters. The van der Waals surface area contributed by atoms with Crippen LogP contribution in [0.5, 0.6) is 17.2 Å². The van der Waals surface area contributed by atoms with E-state index < -0.39 is 48.9 Å². The fraction of sp³-hybridized carbons (Fsp3) is 0.308. The van der Waals surface area contributed by atoms with Gasteiger partial charge in [0.25, 0.3) is 0 Å². The fourth-order valence-electron chi connectivity index (χ4n) is 4.82. The number of ether oxygens (including phenoxy) is 3. The quantitative estimate of drug-likeness (QED) is 0.186. The number of aromatic carboxylic acids is 1. The van der Waals surface area contributed by atoms with Gasteiger partial charge in [0, 0.05) is 16.5 Å². The van der Waals surface area contributed by atoms with Crippen LogP contribution >= 0.6 is 0 Å². The van der Waals surface area contributed by atoms with E-state index in [2.05, 4.69) is 0 Å². The monoisotopic (exact) mass is 545 g/mol. The Morgan fingerprint density at radius 3 is 2.13 bits per heavy atom. The lowest BCUT2D eigenvalue weighted by atomic mass is 9.87. The SMILES string of the molecule is COc1cc(-c2oc3cc(=[OH+])cc4oc(C(=O)O)cc(c2[C@@H]2O[C@H](CO)[C@@H](O)[C@H](O)[C@H]2O)c43)cc(OC)c1O. The Hall–Kier alpha value is -4.14. The molecule has 1 saturated heterocycles. The molecule has 206 valence electrons. The standard InChI is InChI=1S/C26H24O13/c1-35-14-3-9(4-15(36-2)20(14)29)24-19(25-23(32)22(31)21(30)17(8-27)39-25)11-7-16(26(33)34)37-12-5-10(28)6-13(38-24)18(11)12/h3-7,17,21-23,25,27,29-32H,8H2,1-2H3,(H,33,34)/p+1/t17-,21-,22+,23-,25+/m1/s1. The van der Waals surface area contributed by atoms with Gasteiger partial charge in [-0.05, 0) is 18.2 Å². The summed E-state index contributed by atoms with van der Waals surface area (Å²) >= 11 is 0. The molecule has 5 atom stereocenters. The Morgan fingerprint density at radius 1 is 0.949 bits per heavy atom. The van der Waals surface area contributed by atoms with E-state index in [4.69, 9.17) is 23.0 Å². The summed E-state index contributed by atoms with van der Waals surface area (Å²) in [5, 5.41) is 62.2. The second-order valence-corrected chi connectivity index (χ2v) is 8.97. The summed E-state index contributed by atoms with van der Waals surface area (Å²) in [6.45, 7) is -0.712. The van der Waals surface area contributed by atoms with E-state index in [0.29, 0.717) is 0 Å². The van der Waals surface area contributed by atoms with Gasteiger partial charge in [-0.15, -0.1) is 0 Å². The van der Waals surface area contributed by atoms with Crippen LogP contribution < -0.4 is 14.9 Å². The fourth-order valence-corrected chi connectivity index (χ4v) is 4.82. The van der Waals surface area contributed by atoms with E-state index in [1.807, 2.05) is 0 Å². The van der Waals surface area contributed by atoms with E-state index in [-0.39, 0.29) is 61.5 Å². The van der Waals surface area contributed by atoms with Gasteiger partial charge in [0.15, 0.2) is 11.5 Å². The Morgan fingerprint density at radius 2 is 1.56 bits per heavy atom. The molecule has 4 aromatic rings. The average molecular weight is 545 g/mol. The number of benzene rings is 2. The summed E-state index contributed by atoms with van der Waals surface area (Å²) in [7, 11) is 2.61. The summed E-state index contributed by atoms with van der Waals surface area (Å²) in [4.78, 5) is 22.2. The van der Waals surface area contributed by atoms with Crippen molar-refractivity contribution in [3.63, 3.8) is 0 Å². The van der Waals surface area contributed by atoms with Crippen molar-refractivity contribution in [2.75, 3.05) is 20.8 Å². The predicted octanol–water partition coefficient (Wildman–Crippen LogP) is 0.786. The lowest BCUT2D eigenvalue weighted by molar-refractivity contribution is -0.231. The molecule has 5 rings (SSSR count). The summed E-state index contributed by atoms with van der Waals surface area (Å²) in [6, 6.07) is 6.38. The summed E-state index contributed by atoms with van der Waals surface area (Å²) in [6.07, 6.45) is -7.96. The van der Waals surface area contributed by atoms with Crippen LogP contribution in [0.1, 0.15) is 22.2 Å². The van der Waals surface area contributed by atoms with Crippen molar-refractivity contribution in [1.82, 2.24) is 0 Å². The maximum Gasteiger partial charge on any atom is 0.371 e. The number of phenols is 1. The molecule has 2 aromatic heterocycles. The third-order valence-corrected chi connectivity index (χ3v) is 6.69. The molecular weight excluding hydrogens is 520 g/mol. The molecule has 13 nitrogen and oxygen atoms in total. The van der Waals surface area contributed by atoms with Gasteiger partial charge >= 0.3 is 11.4 Å². The number of methoxy groups -OCH3 is 2. The highest BCUT2D eigenvalue weighted by Gasteiger charge is 2.46. The smallest absolute Gasteiger partial charge is 0.371 e. The third-order valence-electron chi connectivity index (χ3n) is 6.69. The first-order valence-corrected chi connectivity index (χ1v) is 11.6. The Kier molecular flexibility index (Phi) is 6.70. The first-order chi connectivity index (χ1) is 18.6. The maximum absolute atomic E-state index is 11.9. The Labute approximate surface area is 218 Å². The second kappa shape index (κ2) is 9.87. The van der Waals surface area contributed by atoms with Crippen LogP contribution in [0.25, 0.3) is 33.3 Å². The summed E-state index contributed by atoms with van der Waals surface area (Å²) in [5.74, 6) is -2.38. The number of hydrogen-bond donors (Lipinski definition) is 6. The van der Waals surface area contributed by atoms with E-state index in [0.717, 1.165) is 0 Å². The first kappa shape index (κ1) is 26.5. The zero-order valence-corrected chi connectivity index (χ0v) is 20.6. The highest BCUT2D eigenvalue weighted by molar-refractivity contribution is 6.09. The minimum Gasteiger partial charge on any atom is -0.502 e. The molecule has 7 N–H and O–H groups in total. The van der Waals surface area contributed by atoms with Crippen molar-refractivity contribution in [3.05, 3.63) is 47.1 Å². The van der Waals surface area contributed by atoms with Crippen molar-refractivity contribution in [1.29, 1.82) is 0 Å². The van der Waals surface area contributed by atoms with Crippen LogP contribution in [0.3, 0.4) is 0 Å². The van der Waals surface area contributed by atoms with E-state index in [1.54, 1.807) is 0 Å². The molecule has 2 aromatic carbocycles. The lowest BCUT2D eigenvalue weighted by Gasteiger charge is -2.40. The van der Waals surface area contributed by atoms with Gasteiger partial charge in [-0.2, -0.15) is 0 Å². The van der Waals surface area contributed by atoms with Crippen LogP contribution in [0, 0.1) is 0 Å². The van der Waals surface area contributed by atoms with Crippen LogP contribution in [0.15, 0.2) is 39.2 Å². The molecule has 1 fully saturated rings. The number of aliphatic hydroxyl groups is 4. The average Bonchev–Trinajstić information content (AvgIpc) is 2.92. The minimum absolute atomic E-state index is 0.0168. The summed E-state index contributed by atoms with van der Waals surface area (Å²) in [5.41, 5.74) is -0.0975. The number of rotatable bonds is 6. The van der Waals surface area contributed by atoms with E-state index in [1.165, 1.54) is 44.6 Å². The lowest BCUT2D eigenvalue weighted by Crippen LogP contribution is -2.55. The molecule has 0 aliphatic carbocycles. The molecule has 0 amide bonds. The number of hydrogen-bond acceptors (Lipinski definition) is 11. The third kappa shape index (κ3) is 4.26. The van der Waals surface area contributed by atoms with Gasteiger partial charge in [0.1, 0.15) is 47.4 Å². The van der Waals surface area contributed by atoms with Crippen molar-refractivity contribution < 1.29 is 63.3 Å². The Balaban J connectivity index is 1.94. The van der Waals surface area contributed by atoms with Gasteiger partial charge in [0.05, 0.1) is 38.3 Å². The largest absolute Gasteiger partial charge is 0.502 e. The van der Waals surface area contributed by atoms with Crippen molar-refractivity contribution in [3.8, 4) is 28.6 Å². The van der Waals surface area contributed by atoms with E-state index in [9.17, 15) is 40.2 Å². The normalized spacial score (nSPS) is 23.3. The van der Waals surface area contributed by atoms with Gasteiger partial charge in [-0.25, -0.2) is 4.79 Å². The van der Waals surface area contributed by atoms with Crippen LogP contribution in [-0.4, -0.2) is 86.6 Å². The number of phenolic OH excluding ortho intramolecular Hbond substituents is 1. The van der Waals surface area contributed by atoms with Gasteiger partial charge in [0.2, 0.25) is 11.5 Å². The highest BCUT2D eigenvalue weighted by Crippen LogP contribution is 2.47. The molecule has 0 radical (unpaired) electrons. The zero-order valence-electron chi connectivity index (χ0n) is 20.6. The number of carboxylic acid groups (broad SMARTS) is 1. The zero-order chi connectivity index (χ0) is 28.2. The number of carboxylic acids is 1. The molecule has 13 heteroatoms. The predicted molar refractivity (Wildman–Crippen MR) is 131 cm³/mol. The molecule has 3 heterocycles. The van der Waals surface area contributed by atoms with Crippen molar-refractivity contribution in [2.45, 2.75) is 30.5 Å². The Bertz CT molecular complexity index is 1610. The molecule has 0 bridgehead atoms. The highest BCUT2D eigenvalue weighted by atomic mass is 16.5. The number of aromatic hydroxyl groups is 1. The van der Waals surface area contributed by atoms with Crippen molar-refractivity contribution in [2.24, 2.45) is 0 Å². The molecule has 1 aliphatic rings. The second-order valence-electron chi connectivity index (χ2n) is 8.97. The molecule has 0 spiro atoms. The topological polar surface area (TPSA) is 214 Å². The molecule has 39 heavy (non-hydrogen) atoms. The van der Waals surface area contributed by atoms with Gasteiger partial charge in [-0.3, -0.25) is 4.79 Å². The van der Waals surface area contributed by atoms with Crippen LogP contribution in [0.2, 0.25) is 0 Å². The van der Waals surface area contributed by atoms with Gasteiger partial charge < -0.3 is 53.7 Å². The van der Waals surface area contributed by atoms with E-state index >= 15 is 0 Å². The summed E-state index contributed by atoms with van der Waals surface area (Å²) < 4.78 is 28.0. The van der Waals surface area contributed by atoms with Crippen molar-refractivity contribution >= 4 is 27.9 Å². The number of aliphatic hydroxyl groups excluding tert-OH is 4.